The fraction of sp³-hybridized carbons (Fsp3) is 0.222. The van der Waals surface area contributed by atoms with Gasteiger partial charge < -0.3 is 10.2 Å². The van der Waals surface area contributed by atoms with Crippen molar-refractivity contribution >= 4 is 39.1 Å². The summed E-state index contributed by atoms with van der Waals surface area (Å²) in [6.07, 6.45) is -4.10. The fourth-order valence-electron chi connectivity index (χ4n) is 2.80. The highest BCUT2D eigenvalue weighted by Gasteiger charge is 2.38. The minimum absolute atomic E-state index is 0.218. The molecule has 3 rings (SSSR count). The quantitative estimate of drug-likeness (QED) is 0.736. The van der Waals surface area contributed by atoms with Crippen LogP contribution in [0, 0.1) is 5.92 Å². The minimum atomic E-state index is -4.44. The number of hydrogen-bond acceptors (Lipinski definition) is 2. The van der Waals surface area contributed by atoms with Gasteiger partial charge in [-0.1, -0.05) is 12.1 Å². The first-order valence-electron chi connectivity index (χ1n) is 7.81. The molecular formula is C18H14BrF3N2O2. The first kappa shape index (κ1) is 18.4. The van der Waals surface area contributed by atoms with Crippen molar-refractivity contribution in [2.75, 3.05) is 16.8 Å². The van der Waals surface area contributed by atoms with Crippen molar-refractivity contribution in [3.05, 3.63) is 58.6 Å². The van der Waals surface area contributed by atoms with Gasteiger partial charge in [-0.25, -0.2) is 0 Å². The van der Waals surface area contributed by atoms with Gasteiger partial charge in [0.1, 0.15) is 5.92 Å². The molecule has 1 fully saturated rings. The predicted octanol–water partition coefficient (Wildman–Crippen LogP) is 4.46. The lowest BCUT2D eigenvalue weighted by atomic mass is 10.1. The molecule has 1 aliphatic heterocycles. The molecule has 0 aliphatic carbocycles. The standard InChI is InChI=1S/C18H14BrF3N2O2/c19-14-3-1-2-4-15(14)24-10-9-13(17(24)26)16(25)23-12-7-5-11(6-8-12)18(20,21)22/h1-8,13H,9-10H2,(H,23,25)/t13-/m0/s1. The Balaban J connectivity index is 1.69. The van der Waals surface area contributed by atoms with E-state index >= 15 is 0 Å². The Hall–Kier alpha value is -2.35. The lowest BCUT2D eigenvalue weighted by molar-refractivity contribution is -0.137. The van der Waals surface area contributed by atoms with Gasteiger partial charge in [0, 0.05) is 16.7 Å². The summed E-state index contributed by atoms with van der Waals surface area (Å²) in [4.78, 5) is 26.5. The summed E-state index contributed by atoms with van der Waals surface area (Å²) in [6.45, 7) is 0.395. The molecule has 0 radical (unpaired) electrons. The molecule has 0 saturated carbocycles. The third-order valence-corrected chi connectivity index (χ3v) is 4.82. The van der Waals surface area contributed by atoms with E-state index in [1.54, 1.807) is 18.2 Å². The van der Waals surface area contributed by atoms with Crippen LogP contribution in [0.25, 0.3) is 0 Å². The Morgan fingerprint density at radius 1 is 1.12 bits per heavy atom. The summed E-state index contributed by atoms with van der Waals surface area (Å²) in [6, 6.07) is 11.3. The molecule has 136 valence electrons. The van der Waals surface area contributed by atoms with Crippen molar-refractivity contribution < 1.29 is 22.8 Å². The number of carbonyl (C=O) groups is 2. The minimum Gasteiger partial charge on any atom is -0.325 e. The average Bonchev–Trinajstić information content (AvgIpc) is 2.96. The van der Waals surface area contributed by atoms with E-state index in [0.717, 1.165) is 16.6 Å². The number of anilines is 2. The highest BCUT2D eigenvalue weighted by Crippen LogP contribution is 2.32. The first-order valence-corrected chi connectivity index (χ1v) is 8.60. The molecular weight excluding hydrogens is 413 g/mol. The largest absolute Gasteiger partial charge is 0.416 e. The maximum absolute atomic E-state index is 12.6. The third-order valence-electron chi connectivity index (χ3n) is 4.15. The highest BCUT2D eigenvalue weighted by molar-refractivity contribution is 9.10. The number of rotatable bonds is 3. The van der Waals surface area contributed by atoms with Gasteiger partial charge in [0.25, 0.3) is 0 Å². The fourth-order valence-corrected chi connectivity index (χ4v) is 3.30. The van der Waals surface area contributed by atoms with E-state index in [1.807, 2.05) is 6.07 Å². The zero-order valence-corrected chi connectivity index (χ0v) is 15.0. The summed E-state index contributed by atoms with van der Waals surface area (Å²) >= 11 is 3.38. The van der Waals surface area contributed by atoms with Gasteiger partial charge in [-0.3, -0.25) is 9.59 Å². The topological polar surface area (TPSA) is 49.4 Å². The van der Waals surface area contributed by atoms with Crippen molar-refractivity contribution in [1.82, 2.24) is 0 Å². The number of alkyl halides is 3. The molecule has 1 aliphatic rings. The number of halogens is 4. The molecule has 1 atom stereocenters. The molecule has 0 spiro atoms. The monoisotopic (exact) mass is 426 g/mol. The Morgan fingerprint density at radius 2 is 1.77 bits per heavy atom. The van der Waals surface area contributed by atoms with Crippen LogP contribution in [0.4, 0.5) is 24.5 Å². The maximum atomic E-state index is 12.6. The van der Waals surface area contributed by atoms with E-state index in [1.165, 1.54) is 17.0 Å². The Bertz CT molecular complexity index is 837. The van der Waals surface area contributed by atoms with Crippen LogP contribution in [-0.2, 0) is 15.8 Å². The second-order valence-electron chi connectivity index (χ2n) is 5.85. The number of benzene rings is 2. The van der Waals surface area contributed by atoms with E-state index in [9.17, 15) is 22.8 Å². The molecule has 0 bridgehead atoms. The summed E-state index contributed by atoms with van der Waals surface area (Å²) in [5.74, 6) is -1.73. The number of para-hydroxylation sites is 1. The van der Waals surface area contributed by atoms with E-state index in [4.69, 9.17) is 0 Å². The zero-order chi connectivity index (χ0) is 18.9. The highest BCUT2D eigenvalue weighted by atomic mass is 79.9. The molecule has 2 aromatic rings. The van der Waals surface area contributed by atoms with Crippen molar-refractivity contribution in [2.45, 2.75) is 12.6 Å². The van der Waals surface area contributed by atoms with Gasteiger partial charge in [-0.15, -0.1) is 0 Å². The van der Waals surface area contributed by atoms with E-state index in [2.05, 4.69) is 21.2 Å². The first-order chi connectivity index (χ1) is 12.3. The van der Waals surface area contributed by atoms with Gasteiger partial charge in [0.2, 0.25) is 11.8 Å². The number of carbonyl (C=O) groups excluding carboxylic acids is 2. The van der Waals surface area contributed by atoms with Crippen LogP contribution in [0.3, 0.4) is 0 Å². The Kier molecular flexibility index (Phi) is 5.04. The van der Waals surface area contributed by atoms with Crippen LogP contribution in [0.15, 0.2) is 53.0 Å². The summed E-state index contributed by atoms with van der Waals surface area (Å²) in [5.41, 5.74) is 0.102. The second-order valence-corrected chi connectivity index (χ2v) is 6.70. The third kappa shape index (κ3) is 3.75. The van der Waals surface area contributed by atoms with E-state index < -0.39 is 23.6 Å². The average molecular weight is 427 g/mol. The molecule has 0 unspecified atom stereocenters. The lowest BCUT2D eigenvalue weighted by Gasteiger charge is -2.18. The Morgan fingerprint density at radius 3 is 2.38 bits per heavy atom. The lowest BCUT2D eigenvalue weighted by Crippen LogP contribution is -2.33. The number of nitrogens with one attached hydrogen (secondary N) is 1. The van der Waals surface area contributed by atoms with Crippen LogP contribution in [0.1, 0.15) is 12.0 Å². The molecule has 26 heavy (non-hydrogen) atoms. The normalized spacial score (nSPS) is 17.5. The molecule has 2 amide bonds. The van der Waals surface area contributed by atoms with Gasteiger partial charge in [-0.05, 0) is 58.7 Å². The number of amides is 2. The molecule has 2 aromatic carbocycles. The van der Waals surface area contributed by atoms with Crippen molar-refractivity contribution in [3.63, 3.8) is 0 Å². The summed E-state index contributed by atoms with van der Waals surface area (Å²) in [5, 5.41) is 2.51. The van der Waals surface area contributed by atoms with Gasteiger partial charge >= 0.3 is 6.18 Å². The second kappa shape index (κ2) is 7.11. The smallest absolute Gasteiger partial charge is 0.325 e. The molecule has 1 heterocycles. The van der Waals surface area contributed by atoms with Crippen molar-refractivity contribution in [1.29, 1.82) is 0 Å². The predicted molar refractivity (Wildman–Crippen MR) is 94.7 cm³/mol. The van der Waals surface area contributed by atoms with Crippen LogP contribution < -0.4 is 10.2 Å². The van der Waals surface area contributed by atoms with Gasteiger partial charge in [0.15, 0.2) is 0 Å². The zero-order valence-electron chi connectivity index (χ0n) is 13.4. The Labute approximate surface area is 156 Å². The van der Waals surface area contributed by atoms with Crippen LogP contribution in [-0.4, -0.2) is 18.4 Å². The molecule has 4 nitrogen and oxygen atoms in total. The molecule has 1 N–H and O–H groups in total. The van der Waals surface area contributed by atoms with E-state index in [-0.39, 0.29) is 11.6 Å². The maximum Gasteiger partial charge on any atom is 0.416 e. The van der Waals surface area contributed by atoms with Crippen molar-refractivity contribution in [2.24, 2.45) is 5.92 Å². The summed E-state index contributed by atoms with van der Waals surface area (Å²) in [7, 11) is 0. The summed E-state index contributed by atoms with van der Waals surface area (Å²) < 4.78 is 38.5. The molecule has 8 heteroatoms. The van der Waals surface area contributed by atoms with Gasteiger partial charge in [0.05, 0.1) is 11.3 Å². The van der Waals surface area contributed by atoms with E-state index in [0.29, 0.717) is 18.7 Å². The van der Waals surface area contributed by atoms with Gasteiger partial charge in [-0.2, -0.15) is 13.2 Å². The van der Waals surface area contributed by atoms with Crippen LogP contribution in [0.2, 0.25) is 0 Å². The number of nitrogens with zero attached hydrogens (tertiary/aromatic N) is 1. The molecule has 0 aromatic heterocycles. The van der Waals surface area contributed by atoms with Crippen LogP contribution in [0.5, 0.6) is 0 Å². The van der Waals surface area contributed by atoms with Crippen LogP contribution >= 0.6 is 15.9 Å². The SMILES string of the molecule is O=C(Nc1ccc(C(F)(F)F)cc1)[C@@H]1CCN(c2ccccc2Br)C1=O. The van der Waals surface area contributed by atoms with Crippen molar-refractivity contribution in [3.8, 4) is 0 Å². The number of hydrogen-bond donors (Lipinski definition) is 1. The molecule has 1 saturated heterocycles.